The van der Waals surface area contributed by atoms with E-state index in [2.05, 4.69) is 31.2 Å². The van der Waals surface area contributed by atoms with Crippen molar-refractivity contribution in [3.05, 3.63) is 24.3 Å². The average molecular weight is 696 g/mol. The van der Waals surface area contributed by atoms with Crippen molar-refractivity contribution in [2.45, 2.75) is 147 Å². The van der Waals surface area contributed by atoms with E-state index in [9.17, 15) is 29.1 Å². The number of aromatic nitrogens is 2. The van der Waals surface area contributed by atoms with Crippen LogP contribution in [0, 0.1) is 23.2 Å². The first-order valence-corrected chi connectivity index (χ1v) is 18.8. The van der Waals surface area contributed by atoms with Crippen molar-refractivity contribution in [1.82, 2.24) is 36.1 Å². The van der Waals surface area contributed by atoms with Crippen LogP contribution in [0.3, 0.4) is 0 Å². The van der Waals surface area contributed by atoms with Gasteiger partial charge >= 0.3 is 0 Å². The smallest absolute Gasteiger partial charge is 0.272 e. The number of amides is 5. The maximum Gasteiger partial charge on any atom is 0.272 e. The van der Waals surface area contributed by atoms with Gasteiger partial charge in [-0.25, -0.2) is 4.98 Å². The second-order valence-electron chi connectivity index (χ2n) is 16.1. The third-order valence-corrected chi connectivity index (χ3v) is 11.1. The first-order valence-electron chi connectivity index (χ1n) is 18.8. The lowest BCUT2D eigenvalue weighted by Gasteiger charge is -2.37. The quantitative estimate of drug-likeness (QED) is 0.197. The number of carbonyl (C=O) groups is 5. The molecule has 2 unspecified atom stereocenters. The molecule has 5 amide bonds. The van der Waals surface area contributed by atoms with E-state index in [1.54, 1.807) is 4.90 Å². The van der Waals surface area contributed by atoms with Crippen LogP contribution in [0.15, 0.2) is 18.6 Å². The van der Waals surface area contributed by atoms with Crippen LogP contribution in [0.25, 0.3) is 0 Å². The predicted octanol–water partition coefficient (Wildman–Crippen LogP) is 2.63. The average Bonchev–Trinajstić information content (AvgIpc) is 3.66. The Kier molecular flexibility index (Phi) is 12.5. The Balaban J connectivity index is 1.34. The predicted molar refractivity (Wildman–Crippen MR) is 186 cm³/mol. The normalized spacial score (nSPS) is 24.7. The number of nitrogens with zero attached hydrogens (tertiary/aromatic N) is 3. The van der Waals surface area contributed by atoms with Gasteiger partial charge in [0.25, 0.3) is 11.8 Å². The zero-order valence-corrected chi connectivity index (χ0v) is 30.2. The highest BCUT2D eigenvalue weighted by Gasteiger charge is 2.52. The first-order chi connectivity index (χ1) is 23.9. The van der Waals surface area contributed by atoms with Gasteiger partial charge in [-0.3, -0.25) is 29.0 Å². The van der Waals surface area contributed by atoms with Crippen molar-refractivity contribution in [2.75, 3.05) is 6.54 Å². The molecule has 3 saturated carbocycles. The van der Waals surface area contributed by atoms with Gasteiger partial charge in [0, 0.05) is 25.0 Å². The Hall–Kier alpha value is -3.61. The fourth-order valence-electron chi connectivity index (χ4n) is 8.15. The van der Waals surface area contributed by atoms with Crippen LogP contribution in [0.5, 0.6) is 0 Å². The maximum absolute atomic E-state index is 14.6. The first kappa shape index (κ1) is 37.6. The highest BCUT2D eigenvalue weighted by atomic mass is 16.3. The third-order valence-electron chi connectivity index (χ3n) is 11.1. The summed E-state index contributed by atoms with van der Waals surface area (Å²) in [5.74, 6) is -1.83. The Morgan fingerprint density at radius 1 is 0.920 bits per heavy atom. The summed E-state index contributed by atoms with van der Waals surface area (Å²) in [7, 11) is 0. The van der Waals surface area contributed by atoms with Gasteiger partial charge in [-0.15, -0.1) is 0 Å². The standard InChI is InChI=1S/C37H57N7O6/c1-5-10-26(30(45)35(49)40-24-15-16-24)41-34(48)29-25-14-9-13-23(25)21-44(29)36(50)31(37(2,3)4)43-32(46)27(19-22-11-7-6-8-12-22)42-33(47)28-20-38-17-18-39-28/h17-18,20,22-27,29-31,45H,5-16,19,21H2,1-4H3,(H,40,49)(H,41,48)(H,42,47)(H,43,46)/t23-,25-,26-,27-,29?,30?,31+/m0/s1. The number of aliphatic hydroxyl groups is 1. The van der Waals surface area contributed by atoms with Crippen LogP contribution in [0.2, 0.25) is 0 Å². The zero-order chi connectivity index (χ0) is 36.0. The minimum Gasteiger partial charge on any atom is -0.381 e. The summed E-state index contributed by atoms with van der Waals surface area (Å²) < 4.78 is 0. The molecule has 3 aliphatic carbocycles. The zero-order valence-electron chi connectivity index (χ0n) is 30.2. The molecule has 4 aliphatic rings. The molecular weight excluding hydrogens is 638 g/mol. The summed E-state index contributed by atoms with van der Waals surface area (Å²) in [5, 5.41) is 22.6. The molecule has 0 bridgehead atoms. The number of nitrogens with one attached hydrogen (secondary N) is 4. The Bertz CT molecular complexity index is 1360. The van der Waals surface area contributed by atoms with Gasteiger partial charge in [0.2, 0.25) is 17.7 Å². The van der Waals surface area contributed by atoms with Crippen molar-refractivity contribution in [1.29, 1.82) is 0 Å². The summed E-state index contributed by atoms with van der Waals surface area (Å²) in [6, 6.07) is -3.37. The monoisotopic (exact) mass is 695 g/mol. The van der Waals surface area contributed by atoms with E-state index in [0.29, 0.717) is 25.8 Å². The number of rotatable bonds is 14. The van der Waals surface area contributed by atoms with Crippen molar-refractivity contribution >= 4 is 29.5 Å². The van der Waals surface area contributed by atoms with Gasteiger partial charge in [-0.05, 0) is 61.7 Å². The molecular formula is C37H57N7O6. The summed E-state index contributed by atoms with van der Waals surface area (Å²) in [4.78, 5) is 78.5. The molecule has 13 heteroatoms. The molecule has 0 spiro atoms. The fraction of sp³-hybridized carbons (Fsp3) is 0.757. The number of aliphatic hydroxyl groups excluding tert-OH is 1. The lowest BCUT2D eigenvalue weighted by Crippen LogP contribution is -2.62. The van der Waals surface area contributed by atoms with Crippen molar-refractivity contribution in [3.8, 4) is 0 Å². The van der Waals surface area contributed by atoms with Crippen LogP contribution < -0.4 is 21.3 Å². The van der Waals surface area contributed by atoms with E-state index >= 15 is 0 Å². The van der Waals surface area contributed by atoms with Gasteiger partial charge in [0.05, 0.1) is 12.2 Å². The molecule has 50 heavy (non-hydrogen) atoms. The molecule has 1 aromatic heterocycles. The molecule has 5 N–H and O–H groups in total. The van der Waals surface area contributed by atoms with E-state index < -0.39 is 53.4 Å². The molecule has 5 rings (SSSR count). The van der Waals surface area contributed by atoms with Gasteiger partial charge in [-0.1, -0.05) is 72.6 Å². The van der Waals surface area contributed by atoms with Gasteiger partial charge in [0.1, 0.15) is 23.8 Å². The summed E-state index contributed by atoms with van der Waals surface area (Å²) in [6.45, 7) is 7.95. The molecule has 4 fully saturated rings. The van der Waals surface area contributed by atoms with Crippen LogP contribution in [-0.4, -0.2) is 92.4 Å². The highest BCUT2D eigenvalue weighted by molar-refractivity contribution is 5.98. The van der Waals surface area contributed by atoms with E-state index in [-0.39, 0.29) is 41.3 Å². The SMILES string of the molecule is CCC[C@H](NC(=O)C1[C@H]2CCC[C@H]2CN1C(=O)[C@@H](NC(=O)[C@H](CC1CCCCC1)NC(=O)c1cnccn1)C(C)(C)C)C(O)C(=O)NC1CC1. The second-order valence-corrected chi connectivity index (χ2v) is 16.1. The largest absolute Gasteiger partial charge is 0.381 e. The van der Waals surface area contributed by atoms with Crippen molar-refractivity contribution in [3.63, 3.8) is 0 Å². The molecule has 7 atom stereocenters. The number of likely N-dealkylation sites (tertiary alicyclic amines) is 1. The van der Waals surface area contributed by atoms with Crippen LogP contribution in [-0.2, 0) is 19.2 Å². The Morgan fingerprint density at radius 3 is 2.30 bits per heavy atom. The minimum atomic E-state index is -1.40. The highest BCUT2D eigenvalue weighted by Crippen LogP contribution is 2.43. The molecule has 1 saturated heterocycles. The number of hydrogen-bond acceptors (Lipinski definition) is 8. The molecule has 276 valence electrons. The lowest BCUT2D eigenvalue weighted by molar-refractivity contribution is -0.145. The van der Waals surface area contributed by atoms with Gasteiger partial charge in [0.15, 0.2) is 6.10 Å². The third kappa shape index (κ3) is 9.38. The summed E-state index contributed by atoms with van der Waals surface area (Å²) in [6.07, 6.45) is 14.0. The van der Waals surface area contributed by atoms with Gasteiger partial charge in [-0.2, -0.15) is 0 Å². The molecule has 0 radical (unpaired) electrons. The molecule has 1 aliphatic heterocycles. The number of hydrogen-bond donors (Lipinski definition) is 5. The molecule has 0 aromatic carbocycles. The fourth-order valence-corrected chi connectivity index (χ4v) is 8.15. The van der Waals surface area contributed by atoms with Crippen LogP contribution in [0.4, 0.5) is 0 Å². The topological polar surface area (TPSA) is 183 Å². The Morgan fingerprint density at radius 2 is 1.66 bits per heavy atom. The van der Waals surface area contributed by atoms with Crippen molar-refractivity contribution < 1.29 is 29.1 Å². The van der Waals surface area contributed by atoms with E-state index in [0.717, 1.165) is 64.2 Å². The lowest BCUT2D eigenvalue weighted by atomic mass is 9.83. The second kappa shape index (κ2) is 16.6. The Labute approximate surface area is 295 Å². The van der Waals surface area contributed by atoms with E-state index in [4.69, 9.17) is 0 Å². The van der Waals surface area contributed by atoms with Crippen LogP contribution >= 0.6 is 0 Å². The maximum atomic E-state index is 14.6. The summed E-state index contributed by atoms with van der Waals surface area (Å²) >= 11 is 0. The number of fused-ring (bicyclic) bond motifs is 1. The van der Waals surface area contributed by atoms with E-state index in [1.807, 2.05) is 27.7 Å². The minimum absolute atomic E-state index is 0.0553. The van der Waals surface area contributed by atoms with Crippen LogP contribution in [0.1, 0.15) is 122 Å². The molecule has 1 aromatic rings. The molecule has 2 heterocycles. The van der Waals surface area contributed by atoms with Crippen molar-refractivity contribution in [2.24, 2.45) is 23.2 Å². The number of carbonyl (C=O) groups excluding carboxylic acids is 5. The van der Waals surface area contributed by atoms with Gasteiger partial charge < -0.3 is 31.3 Å². The summed E-state index contributed by atoms with van der Waals surface area (Å²) in [5.41, 5.74) is -0.621. The van der Waals surface area contributed by atoms with E-state index in [1.165, 1.54) is 18.6 Å². The molecule has 13 nitrogen and oxygen atoms in total.